The molecule has 2 aromatic rings. The molecule has 0 unspecified atom stereocenters. The number of hydrogen-bond donors (Lipinski definition) is 1. The van der Waals surface area contributed by atoms with Crippen molar-refractivity contribution in [2.45, 2.75) is 58.5 Å². The van der Waals surface area contributed by atoms with Crippen LogP contribution in [0.15, 0.2) is 24.3 Å². The average Bonchev–Trinajstić information content (AvgIpc) is 2.68. The predicted molar refractivity (Wildman–Crippen MR) is 81.3 cm³/mol. The Kier molecular flexibility index (Phi) is 3.43. The number of hydrogen-bond acceptors (Lipinski definition) is 2. The summed E-state index contributed by atoms with van der Waals surface area (Å²) in [6.07, 6.45) is 1.09. The molecule has 1 heterocycles. The van der Waals surface area contributed by atoms with Gasteiger partial charge in [-0.15, -0.1) is 0 Å². The van der Waals surface area contributed by atoms with Crippen molar-refractivity contribution >= 4 is 11.0 Å². The molecule has 0 bridgehead atoms. The molecule has 0 aliphatic rings. The fraction of sp³-hybridized carbons (Fsp3) is 0.562. The summed E-state index contributed by atoms with van der Waals surface area (Å²) in [6.45, 7) is 11.7. The van der Waals surface area contributed by atoms with Gasteiger partial charge in [0.15, 0.2) is 0 Å². The van der Waals surface area contributed by atoms with Gasteiger partial charge >= 0.3 is 0 Å². The summed E-state index contributed by atoms with van der Waals surface area (Å²) in [5.41, 5.74) is 8.14. The fourth-order valence-electron chi connectivity index (χ4n) is 2.29. The second-order valence-electron chi connectivity index (χ2n) is 6.42. The molecular formula is C16H25N3. The van der Waals surface area contributed by atoms with Crippen LogP contribution in [0.5, 0.6) is 0 Å². The van der Waals surface area contributed by atoms with E-state index < -0.39 is 0 Å². The Labute approximate surface area is 115 Å². The molecule has 0 spiro atoms. The molecule has 3 nitrogen and oxygen atoms in total. The van der Waals surface area contributed by atoms with E-state index in [9.17, 15) is 0 Å². The van der Waals surface area contributed by atoms with Crippen LogP contribution in [0.2, 0.25) is 0 Å². The summed E-state index contributed by atoms with van der Waals surface area (Å²) >= 11 is 0. The quantitative estimate of drug-likeness (QED) is 0.913. The third kappa shape index (κ3) is 2.27. The maximum Gasteiger partial charge on any atom is 0.117 e. The normalized spacial score (nSPS) is 13.2. The highest BCUT2D eigenvalue weighted by Gasteiger charge is 2.39. The first-order chi connectivity index (χ1) is 8.79. The van der Waals surface area contributed by atoms with Gasteiger partial charge < -0.3 is 10.3 Å². The highest BCUT2D eigenvalue weighted by Crippen LogP contribution is 2.34. The van der Waals surface area contributed by atoms with Gasteiger partial charge in [-0.3, -0.25) is 0 Å². The molecule has 0 saturated carbocycles. The summed E-state index contributed by atoms with van der Waals surface area (Å²) in [6, 6.07) is 8.32. The molecule has 0 saturated heterocycles. The lowest BCUT2D eigenvalue weighted by Crippen LogP contribution is -2.51. The third-order valence-corrected chi connectivity index (χ3v) is 4.27. The molecule has 0 aliphatic carbocycles. The van der Waals surface area contributed by atoms with Crippen molar-refractivity contribution in [3.05, 3.63) is 30.1 Å². The van der Waals surface area contributed by atoms with Crippen LogP contribution in [-0.2, 0) is 12.0 Å². The Morgan fingerprint density at radius 3 is 2.37 bits per heavy atom. The SMILES string of the molecule is CCCn1c(C(C)(C)C(C)(C)N)nc2ccccc21. The number of para-hydroxylation sites is 2. The minimum atomic E-state index is -0.320. The highest BCUT2D eigenvalue weighted by atomic mass is 15.1. The molecule has 2 N–H and O–H groups in total. The lowest BCUT2D eigenvalue weighted by Gasteiger charge is -2.38. The second-order valence-corrected chi connectivity index (χ2v) is 6.42. The number of fused-ring (bicyclic) bond motifs is 1. The van der Waals surface area contributed by atoms with E-state index in [0.717, 1.165) is 24.3 Å². The van der Waals surface area contributed by atoms with Crippen LogP contribution in [0, 0.1) is 0 Å². The van der Waals surface area contributed by atoms with Crippen molar-refractivity contribution in [3.63, 3.8) is 0 Å². The maximum absolute atomic E-state index is 6.38. The molecule has 0 atom stereocenters. The van der Waals surface area contributed by atoms with Gasteiger partial charge in [0.05, 0.1) is 11.0 Å². The van der Waals surface area contributed by atoms with E-state index in [1.807, 2.05) is 6.07 Å². The van der Waals surface area contributed by atoms with E-state index in [4.69, 9.17) is 10.7 Å². The van der Waals surface area contributed by atoms with Gasteiger partial charge in [0.1, 0.15) is 5.82 Å². The Hall–Kier alpha value is -1.35. The van der Waals surface area contributed by atoms with Gasteiger partial charge in [0, 0.05) is 17.5 Å². The first kappa shape index (κ1) is 14.1. The highest BCUT2D eigenvalue weighted by molar-refractivity contribution is 5.76. The summed E-state index contributed by atoms with van der Waals surface area (Å²) in [5.74, 6) is 1.09. The summed E-state index contributed by atoms with van der Waals surface area (Å²) in [4.78, 5) is 4.85. The van der Waals surface area contributed by atoms with Crippen LogP contribution in [0.4, 0.5) is 0 Å². The molecule has 0 fully saturated rings. The number of aromatic nitrogens is 2. The van der Waals surface area contributed by atoms with Crippen molar-refractivity contribution in [2.75, 3.05) is 0 Å². The van der Waals surface area contributed by atoms with Gasteiger partial charge in [-0.05, 0) is 32.4 Å². The van der Waals surface area contributed by atoms with Gasteiger partial charge in [0.25, 0.3) is 0 Å². The zero-order valence-corrected chi connectivity index (χ0v) is 12.7. The van der Waals surface area contributed by atoms with E-state index in [-0.39, 0.29) is 11.0 Å². The van der Waals surface area contributed by atoms with Gasteiger partial charge in [-0.25, -0.2) is 4.98 Å². The van der Waals surface area contributed by atoms with Crippen LogP contribution in [0.1, 0.15) is 46.9 Å². The second kappa shape index (κ2) is 4.64. The summed E-state index contributed by atoms with van der Waals surface area (Å²) in [7, 11) is 0. The van der Waals surface area contributed by atoms with E-state index >= 15 is 0 Å². The molecule has 19 heavy (non-hydrogen) atoms. The van der Waals surface area contributed by atoms with Crippen molar-refractivity contribution in [2.24, 2.45) is 5.73 Å². The monoisotopic (exact) mass is 259 g/mol. The Balaban J connectivity index is 2.69. The van der Waals surface area contributed by atoms with E-state index in [1.54, 1.807) is 0 Å². The van der Waals surface area contributed by atoms with Crippen molar-refractivity contribution in [1.82, 2.24) is 9.55 Å². The van der Waals surface area contributed by atoms with E-state index in [2.05, 4.69) is 57.4 Å². The third-order valence-electron chi connectivity index (χ3n) is 4.27. The minimum Gasteiger partial charge on any atom is -0.327 e. The van der Waals surface area contributed by atoms with Gasteiger partial charge in [-0.2, -0.15) is 0 Å². The molecule has 3 heteroatoms. The van der Waals surface area contributed by atoms with E-state index in [0.29, 0.717) is 0 Å². The topological polar surface area (TPSA) is 43.8 Å². The first-order valence-electron chi connectivity index (χ1n) is 7.03. The average molecular weight is 259 g/mol. The number of imidazole rings is 1. The zero-order valence-electron chi connectivity index (χ0n) is 12.7. The Morgan fingerprint density at radius 1 is 1.16 bits per heavy atom. The number of benzene rings is 1. The molecule has 104 valence electrons. The molecule has 1 aromatic heterocycles. The largest absolute Gasteiger partial charge is 0.327 e. The van der Waals surface area contributed by atoms with Crippen molar-refractivity contribution in [3.8, 4) is 0 Å². The molecule has 2 rings (SSSR count). The zero-order chi connectivity index (χ0) is 14.3. The molecular weight excluding hydrogens is 234 g/mol. The number of nitrogens with zero attached hydrogens (tertiary/aromatic N) is 2. The molecule has 0 aliphatic heterocycles. The van der Waals surface area contributed by atoms with Crippen LogP contribution < -0.4 is 5.73 Å². The van der Waals surface area contributed by atoms with Crippen molar-refractivity contribution < 1.29 is 0 Å². The fourth-order valence-corrected chi connectivity index (χ4v) is 2.29. The molecule has 0 amide bonds. The Bertz CT molecular complexity index is 573. The summed E-state index contributed by atoms with van der Waals surface area (Å²) in [5, 5.41) is 0. The van der Waals surface area contributed by atoms with Crippen molar-refractivity contribution in [1.29, 1.82) is 0 Å². The number of aryl methyl sites for hydroxylation is 1. The van der Waals surface area contributed by atoms with Crippen LogP contribution >= 0.6 is 0 Å². The van der Waals surface area contributed by atoms with Crippen LogP contribution in [0.3, 0.4) is 0 Å². The molecule has 0 radical (unpaired) electrons. The van der Waals surface area contributed by atoms with Crippen LogP contribution in [0.25, 0.3) is 11.0 Å². The van der Waals surface area contributed by atoms with Crippen LogP contribution in [-0.4, -0.2) is 15.1 Å². The molecule has 1 aromatic carbocycles. The Morgan fingerprint density at radius 2 is 1.79 bits per heavy atom. The number of rotatable bonds is 4. The standard InChI is InChI=1S/C16H25N3/c1-6-11-19-13-10-8-7-9-12(13)18-14(19)15(2,3)16(4,5)17/h7-10H,6,11,17H2,1-5H3. The number of nitrogens with two attached hydrogens (primary N) is 1. The lowest BCUT2D eigenvalue weighted by molar-refractivity contribution is 0.282. The minimum absolute atomic E-state index is 0.179. The van der Waals surface area contributed by atoms with E-state index in [1.165, 1.54) is 5.52 Å². The smallest absolute Gasteiger partial charge is 0.117 e. The lowest BCUT2D eigenvalue weighted by atomic mass is 9.74. The summed E-state index contributed by atoms with van der Waals surface area (Å²) < 4.78 is 2.32. The first-order valence-corrected chi connectivity index (χ1v) is 7.03. The maximum atomic E-state index is 6.38. The predicted octanol–water partition coefficient (Wildman–Crippen LogP) is 3.46. The van der Waals surface area contributed by atoms with Gasteiger partial charge in [-0.1, -0.05) is 32.9 Å². The van der Waals surface area contributed by atoms with Gasteiger partial charge in [0.2, 0.25) is 0 Å².